The average Bonchev–Trinajstić information content (AvgIpc) is 3.04. The van der Waals surface area contributed by atoms with Gasteiger partial charge in [-0.15, -0.1) is 5.10 Å². The van der Waals surface area contributed by atoms with Gasteiger partial charge in [-0.2, -0.15) is 0 Å². The van der Waals surface area contributed by atoms with E-state index in [-0.39, 0.29) is 11.9 Å². The summed E-state index contributed by atoms with van der Waals surface area (Å²) in [6.07, 6.45) is 0. The summed E-state index contributed by atoms with van der Waals surface area (Å²) in [4.78, 5) is 12.7. The van der Waals surface area contributed by atoms with Crippen molar-refractivity contribution in [2.24, 2.45) is 0 Å². The molecule has 1 amide bonds. The van der Waals surface area contributed by atoms with Gasteiger partial charge in [-0.3, -0.25) is 4.79 Å². The fourth-order valence-corrected chi connectivity index (χ4v) is 2.76. The lowest BCUT2D eigenvalue weighted by Gasteiger charge is -2.10. The van der Waals surface area contributed by atoms with Crippen LogP contribution in [0.15, 0.2) is 28.7 Å². The van der Waals surface area contributed by atoms with Gasteiger partial charge in [-0.25, -0.2) is 0 Å². The third-order valence-corrected chi connectivity index (χ3v) is 4.19. The molecule has 0 radical (unpaired) electrons. The Bertz CT molecular complexity index is 812. The van der Waals surface area contributed by atoms with Gasteiger partial charge in [0.25, 0.3) is 5.91 Å². The van der Waals surface area contributed by atoms with E-state index in [4.69, 9.17) is 16.0 Å². The van der Waals surface area contributed by atoms with Crippen LogP contribution >= 0.6 is 23.1 Å². The Kier molecular flexibility index (Phi) is 3.65. The average molecular weight is 322 g/mol. The number of benzene rings is 1. The molecule has 0 saturated heterocycles. The van der Waals surface area contributed by atoms with Crippen LogP contribution in [-0.2, 0) is 0 Å². The van der Waals surface area contributed by atoms with E-state index in [2.05, 4.69) is 14.9 Å². The van der Waals surface area contributed by atoms with E-state index in [0.29, 0.717) is 21.4 Å². The van der Waals surface area contributed by atoms with Crippen LogP contribution in [0.1, 0.15) is 34.1 Å². The minimum atomic E-state index is -0.259. The molecule has 1 aromatic carbocycles. The number of fused-ring (bicyclic) bond motifs is 1. The van der Waals surface area contributed by atoms with Crippen molar-refractivity contribution in [3.8, 4) is 0 Å². The molecule has 2 heterocycles. The number of furan rings is 1. The molecule has 108 valence electrons. The molecule has 1 unspecified atom stereocenters. The Balaban J connectivity index is 1.82. The van der Waals surface area contributed by atoms with Gasteiger partial charge in [0.05, 0.1) is 11.7 Å². The van der Waals surface area contributed by atoms with Crippen LogP contribution < -0.4 is 5.32 Å². The second kappa shape index (κ2) is 5.46. The molecule has 1 N–H and O–H groups in total. The zero-order valence-corrected chi connectivity index (χ0v) is 13.0. The maximum atomic E-state index is 12.1. The van der Waals surface area contributed by atoms with Crippen LogP contribution in [-0.4, -0.2) is 15.5 Å². The van der Waals surface area contributed by atoms with Gasteiger partial charge in [-0.1, -0.05) is 16.1 Å². The number of halogens is 1. The maximum Gasteiger partial charge on any atom is 0.265 e. The van der Waals surface area contributed by atoms with Crippen LogP contribution in [0.5, 0.6) is 0 Å². The molecule has 2 aromatic heterocycles. The number of carbonyl (C=O) groups excluding carboxylic acids is 1. The Morgan fingerprint density at radius 2 is 2.24 bits per heavy atom. The Labute approximate surface area is 130 Å². The number of hydrogen-bond acceptors (Lipinski definition) is 5. The van der Waals surface area contributed by atoms with Crippen molar-refractivity contribution < 1.29 is 9.21 Å². The standard InChI is InChI=1S/C14H12ClN3O2S/c1-7(16-14(19)13-8(2)17-18-21-13)12-6-9-5-10(15)3-4-11(9)20-12/h3-7H,1-2H3,(H,16,19). The number of aryl methyl sites for hydroxylation is 1. The minimum Gasteiger partial charge on any atom is -0.459 e. The van der Waals surface area contributed by atoms with Gasteiger partial charge in [-0.05, 0) is 49.6 Å². The molecule has 21 heavy (non-hydrogen) atoms. The van der Waals surface area contributed by atoms with E-state index in [1.807, 2.05) is 25.1 Å². The van der Waals surface area contributed by atoms with E-state index in [1.54, 1.807) is 13.0 Å². The molecule has 0 spiro atoms. The van der Waals surface area contributed by atoms with Crippen LogP contribution in [0.3, 0.4) is 0 Å². The molecule has 3 rings (SSSR count). The van der Waals surface area contributed by atoms with Crippen molar-refractivity contribution >= 4 is 40.0 Å². The number of rotatable bonds is 3. The van der Waals surface area contributed by atoms with E-state index in [1.165, 1.54) is 0 Å². The monoisotopic (exact) mass is 321 g/mol. The summed E-state index contributed by atoms with van der Waals surface area (Å²) in [6, 6.07) is 7.03. The summed E-state index contributed by atoms with van der Waals surface area (Å²) < 4.78 is 9.49. The summed E-state index contributed by atoms with van der Waals surface area (Å²) in [5.74, 6) is 0.476. The fraction of sp³-hybridized carbons (Fsp3) is 0.214. The molecule has 0 saturated carbocycles. The summed E-state index contributed by atoms with van der Waals surface area (Å²) >= 11 is 7.03. The highest BCUT2D eigenvalue weighted by Gasteiger charge is 2.18. The Morgan fingerprint density at radius 1 is 1.43 bits per heavy atom. The maximum absolute atomic E-state index is 12.1. The second-order valence-electron chi connectivity index (χ2n) is 4.71. The lowest BCUT2D eigenvalue weighted by molar-refractivity contribution is 0.0939. The number of nitrogens with zero attached hydrogens (tertiary/aromatic N) is 2. The van der Waals surface area contributed by atoms with Gasteiger partial charge in [0.15, 0.2) is 0 Å². The van der Waals surface area contributed by atoms with Crippen LogP contribution in [0.4, 0.5) is 0 Å². The number of aromatic nitrogens is 2. The first-order valence-electron chi connectivity index (χ1n) is 6.33. The molecule has 0 aliphatic carbocycles. The van der Waals surface area contributed by atoms with E-state index in [0.717, 1.165) is 22.5 Å². The first-order valence-corrected chi connectivity index (χ1v) is 7.48. The van der Waals surface area contributed by atoms with Crippen molar-refractivity contribution in [3.05, 3.63) is 45.6 Å². The molecular weight excluding hydrogens is 310 g/mol. The summed E-state index contributed by atoms with van der Waals surface area (Å²) in [6.45, 7) is 3.62. The van der Waals surface area contributed by atoms with E-state index in [9.17, 15) is 4.79 Å². The topological polar surface area (TPSA) is 68.0 Å². The minimum absolute atomic E-state index is 0.200. The Hall–Kier alpha value is -1.92. The quantitative estimate of drug-likeness (QED) is 0.798. The molecule has 0 fully saturated rings. The molecule has 5 nitrogen and oxygen atoms in total. The predicted molar refractivity (Wildman–Crippen MR) is 81.8 cm³/mol. The van der Waals surface area contributed by atoms with Crippen LogP contribution in [0, 0.1) is 6.92 Å². The first-order chi connectivity index (χ1) is 10.0. The third kappa shape index (κ3) is 2.77. The second-order valence-corrected chi connectivity index (χ2v) is 5.90. The van der Waals surface area contributed by atoms with E-state index < -0.39 is 0 Å². The van der Waals surface area contributed by atoms with Crippen molar-refractivity contribution in [2.75, 3.05) is 0 Å². The number of nitrogens with one attached hydrogen (secondary N) is 1. The summed E-state index contributed by atoms with van der Waals surface area (Å²) in [7, 11) is 0. The van der Waals surface area contributed by atoms with Crippen molar-refractivity contribution in [1.82, 2.24) is 14.9 Å². The van der Waals surface area contributed by atoms with Gasteiger partial charge < -0.3 is 9.73 Å². The van der Waals surface area contributed by atoms with Crippen LogP contribution in [0.25, 0.3) is 11.0 Å². The number of carbonyl (C=O) groups is 1. The van der Waals surface area contributed by atoms with Crippen molar-refractivity contribution in [2.45, 2.75) is 19.9 Å². The molecular formula is C14H12ClN3O2S. The fourth-order valence-electron chi connectivity index (χ4n) is 2.02. The third-order valence-electron chi connectivity index (χ3n) is 3.13. The molecule has 0 bridgehead atoms. The summed E-state index contributed by atoms with van der Waals surface area (Å²) in [5.41, 5.74) is 1.37. The smallest absolute Gasteiger partial charge is 0.265 e. The predicted octanol–water partition coefficient (Wildman–Crippen LogP) is 3.74. The highest BCUT2D eigenvalue weighted by Crippen LogP contribution is 2.26. The normalized spacial score (nSPS) is 12.5. The zero-order chi connectivity index (χ0) is 15.0. The highest BCUT2D eigenvalue weighted by molar-refractivity contribution is 7.08. The molecule has 0 aliphatic rings. The first kappa shape index (κ1) is 14.0. The summed E-state index contributed by atoms with van der Waals surface area (Å²) in [5, 5.41) is 8.27. The van der Waals surface area contributed by atoms with Crippen molar-refractivity contribution in [1.29, 1.82) is 0 Å². The highest BCUT2D eigenvalue weighted by atomic mass is 35.5. The molecule has 3 aromatic rings. The van der Waals surface area contributed by atoms with Gasteiger partial charge in [0.1, 0.15) is 16.2 Å². The van der Waals surface area contributed by atoms with Crippen LogP contribution in [0.2, 0.25) is 5.02 Å². The van der Waals surface area contributed by atoms with Gasteiger partial charge in [0, 0.05) is 10.4 Å². The lowest BCUT2D eigenvalue weighted by Crippen LogP contribution is -2.26. The molecule has 0 aliphatic heterocycles. The Morgan fingerprint density at radius 3 is 2.95 bits per heavy atom. The SMILES string of the molecule is Cc1nnsc1C(=O)NC(C)c1cc2cc(Cl)ccc2o1. The van der Waals surface area contributed by atoms with Gasteiger partial charge in [0.2, 0.25) is 0 Å². The lowest BCUT2D eigenvalue weighted by atomic mass is 10.2. The molecule has 1 atom stereocenters. The largest absolute Gasteiger partial charge is 0.459 e. The van der Waals surface area contributed by atoms with Crippen molar-refractivity contribution in [3.63, 3.8) is 0 Å². The number of amides is 1. The molecule has 7 heteroatoms. The van der Waals surface area contributed by atoms with E-state index >= 15 is 0 Å². The zero-order valence-electron chi connectivity index (χ0n) is 11.4. The van der Waals surface area contributed by atoms with Gasteiger partial charge >= 0.3 is 0 Å². The number of hydrogen-bond donors (Lipinski definition) is 1.